The standard InChI is InChI=1S/C23H30N4O3S/c28-23(25-18-19-7-12-22(24-17-19)26-13-5-6-14-26)20-8-10-21(11-9-20)31(29,30)27-15-3-1-2-4-16-27/h7-12,17H,1-6,13-16,18H2,(H,25,28). The lowest BCUT2D eigenvalue weighted by Gasteiger charge is -2.20. The molecule has 7 nitrogen and oxygen atoms in total. The van der Waals surface area contributed by atoms with Gasteiger partial charge in [-0.3, -0.25) is 4.79 Å². The molecule has 1 aromatic heterocycles. The third-order valence-electron chi connectivity index (χ3n) is 6.01. The van der Waals surface area contributed by atoms with Gasteiger partial charge in [0.1, 0.15) is 5.82 Å². The van der Waals surface area contributed by atoms with Gasteiger partial charge in [0.05, 0.1) is 4.90 Å². The van der Waals surface area contributed by atoms with Gasteiger partial charge in [0.25, 0.3) is 5.91 Å². The summed E-state index contributed by atoms with van der Waals surface area (Å²) in [6, 6.07) is 10.2. The second-order valence-electron chi connectivity index (χ2n) is 8.24. The zero-order valence-corrected chi connectivity index (χ0v) is 18.6. The summed E-state index contributed by atoms with van der Waals surface area (Å²) in [6.07, 6.45) is 8.14. The Morgan fingerprint density at radius 2 is 1.52 bits per heavy atom. The van der Waals surface area contributed by atoms with Crippen LogP contribution < -0.4 is 10.2 Å². The molecule has 1 aromatic carbocycles. The maximum absolute atomic E-state index is 12.9. The number of aromatic nitrogens is 1. The number of benzene rings is 1. The van der Waals surface area contributed by atoms with Crippen molar-refractivity contribution in [3.05, 3.63) is 53.7 Å². The molecule has 2 saturated heterocycles. The molecule has 0 spiro atoms. The van der Waals surface area contributed by atoms with Gasteiger partial charge in [-0.25, -0.2) is 13.4 Å². The molecule has 0 saturated carbocycles. The van der Waals surface area contributed by atoms with Gasteiger partial charge in [0, 0.05) is 44.5 Å². The van der Waals surface area contributed by atoms with Crippen molar-refractivity contribution in [1.82, 2.24) is 14.6 Å². The highest BCUT2D eigenvalue weighted by atomic mass is 32.2. The van der Waals surface area contributed by atoms with Crippen LogP contribution in [0.3, 0.4) is 0 Å². The number of hydrogen-bond acceptors (Lipinski definition) is 5. The Labute approximate surface area is 184 Å². The van der Waals surface area contributed by atoms with Crippen LogP contribution in [0.4, 0.5) is 5.82 Å². The summed E-state index contributed by atoms with van der Waals surface area (Å²) in [5.41, 5.74) is 1.37. The van der Waals surface area contributed by atoms with Crippen molar-refractivity contribution >= 4 is 21.7 Å². The third kappa shape index (κ3) is 5.25. The van der Waals surface area contributed by atoms with E-state index in [0.29, 0.717) is 25.2 Å². The molecule has 166 valence electrons. The zero-order chi connectivity index (χ0) is 21.7. The van der Waals surface area contributed by atoms with Crippen molar-refractivity contribution < 1.29 is 13.2 Å². The molecule has 0 radical (unpaired) electrons. The SMILES string of the molecule is O=C(NCc1ccc(N2CCCC2)nc1)c1ccc(S(=O)(=O)N2CCCCCC2)cc1. The second kappa shape index (κ2) is 9.78. The monoisotopic (exact) mass is 442 g/mol. The molecule has 1 amide bonds. The number of carbonyl (C=O) groups excluding carboxylic acids is 1. The van der Waals surface area contributed by atoms with Gasteiger partial charge in [-0.2, -0.15) is 4.31 Å². The fraction of sp³-hybridized carbons (Fsp3) is 0.478. The minimum Gasteiger partial charge on any atom is -0.357 e. The highest BCUT2D eigenvalue weighted by Gasteiger charge is 2.25. The minimum atomic E-state index is -3.50. The van der Waals surface area contributed by atoms with Gasteiger partial charge in [-0.15, -0.1) is 0 Å². The van der Waals surface area contributed by atoms with E-state index >= 15 is 0 Å². The molecule has 0 aliphatic carbocycles. The van der Waals surface area contributed by atoms with E-state index < -0.39 is 10.0 Å². The van der Waals surface area contributed by atoms with E-state index in [0.717, 1.165) is 50.2 Å². The molecule has 3 heterocycles. The molecule has 2 aliphatic heterocycles. The van der Waals surface area contributed by atoms with Gasteiger partial charge in [-0.1, -0.05) is 18.9 Å². The zero-order valence-electron chi connectivity index (χ0n) is 17.8. The van der Waals surface area contributed by atoms with E-state index in [9.17, 15) is 13.2 Å². The molecular weight excluding hydrogens is 412 g/mol. The second-order valence-corrected chi connectivity index (χ2v) is 10.2. The molecule has 8 heteroatoms. The van der Waals surface area contributed by atoms with Crippen LogP contribution in [0.5, 0.6) is 0 Å². The maximum Gasteiger partial charge on any atom is 0.251 e. The lowest BCUT2D eigenvalue weighted by Crippen LogP contribution is -2.32. The van der Waals surface area contributed by atoms with Gasteiger partial charge in [-0.05, 0) is 61.6 Å². The molecule has 0 atom stereocenters. The fourth-order valence-corrected chi connectivity index (χ4v) is 5.67. The molecule has 0 bridgehead atoms. The lowest BCUT2D eigenvalue weighted by molar-refractivity contribution is 0.0950. The summed E-state index contributed by atoms with van der Waals surface area (Å²) < 4.78 is 27.3. The van der Waals surface area contributed by atoms with Crippen molar-refractivity contribution in [1.29, 1.82) is 0 Å². The molecule has 0 unspecified atom stereocenters. The van der Waals surface area contributed by atoms with E-state index in [1.54, 1.807) is 22.6 Å². The first-order valence-corrected chi connectivity index (χ1v) is 12.6. The maximum atomic E-state index is 12.9. The number of anilines is 1. The first kappa shape index (κ1) is 21.8. The molecule has 2 aliphatic rings. The van der Waals surface area contributed by atoms with Crippen LogP contribution in [0, 0.1) is 0 Å². The number of nitrogens with one attached hydrogen (secondary N) is 1. The Morgan fingerprint density at radius 1 is 0.871 bits per heavy atom. The number of amides is 1. The molecule has 2 aromatic rings. The van der Waals surface area contributed by atoms with E-state index in [4.69, 9.17) is 0 Å². The van der Waals surface area contributed by atoms with Crippen molar-refractivity contribution in [3.63, 3.8) is 0 Å². The Morgan fingerprint density at radius 3 is 2.13 bits per heavy atom. The third-order valence-corrected chi connectivity index (χ3v) is 7.92. The van der Waals surface area contributed by atoms with E-state index in [1.807, 2.05) is 12.1 Å². The minimum absolute atomic E-state index is 0.234. The van der Waals surface area contributed by atoms with Crippen LogP contribution in [0.2, 0.25) is 0 Å². The number of hydrogen-bond donors (Lipinski definition) is 1. The Bertz CT molecular complexity index is 976. The van der Waals surface area contributed by atoms with E-state index in [2.05, 4.69) is 15.2 Å². The average Bonchev–Trinajstić information content (AvgIpc) is 3.19. The molecule has 1 N–H and O–H groups in total. The first-order chi connectivity index (χ1) is 15.0. The van der Waals surface area contributed by atoms with Crippen molar-refractivity contribution in [2.24, 2.45) is 0 Å². The molecular formula is C23H30N4O3S. The summed E-state index contributed by atoms with van der Waals surface area (Å²) in [5.74, 6) is 0.746. The average molecular weight is 443 g/mol. The van der Waals surface area contributed by atoms with E-state index in [-0.39, 0.29) is 10.8 Å². The number of carbonyl (C=O) groups is 1. The van der Waals surface area contributed by atoms with Crippen LogP contribution in [-0.4, -0.2) is 49.8 Å². The van der Waals surface area contributed by atoms with Crippen LogP contribution >= 0.6 is 0 Å². The molecule has 31 heavy (non-hydrogen) atoms. The number of sulfonamides is 1. The normalized spacial score (nSPS) is 18.0. The largest absolute Gasteiger partial charge is 0.357 e. The summed E-state index contributed by atoms with van der Waals surface area (Å²) >= 11 is 0. The summed E-state index contributed by atoms with van der Waals surface area (Å²) in [7, 11) is -3.50. The van der Waals surface area contributed by atoms with Gasteiger partial charge in [0.15, 0.2) is 0 Å². The Balaban J connectivity index is 1.34. The van der Waals surface area contributed by atoms with Crippen LogP contribution in [0.1, 0.15) is 54.4 Å². The van der Waals surface area contributed by atoms with Gasteiger partial charge < -0.3 is 10.2 Å². The summed E-state index contributed by atoms with van der Waals surface area (Å²) in [4.78, 5) is 19.5. The van der Waals surface area contributed by atoms with Gasteiger partial charge >= 0.3 is 0 Å². The number of nitrogens with zero attached hydrogens (tertiary/aromatic N) is 3. The van der Waals surface area contributed by atoms with Gasteiger partial charge in [0.2, 0.25) is 10.0 Å². The molecule has 2 fully saturated rings. The van der Waals surface area contributed by atoms with E-state index in [1.165, 1.54) is 25.0 Å². The van der Waals surface area contributed by atoms with Crippen LogP contribution in [-0.2, 0) is 16.6 Å². The quantitative estimate of drug-likeness (QED) is 0.743. The topological polar surface area (TPSA) is 82.6 Å². The predicted octanol–water partition coefficient (Wildman–Crippen LogP) is 3.18. The van der Waals surface area contributed by atoms with Crippen LogP contribution in [0.25, 0.3) is 0 Å². The fourth-order valence-electron chi connectivity index (χ4n) is 4.15. The predicted molar refractivity (Wildman–Crippen MR) is 121 cm³/mol. The van der Waals surface area contributed by atoms with Crippen molar-refractivity contribution in [2.45, 2.75) is 50.0 Å². The number of rotatable bonds is 6. The van der Waals surface area contributed by atoms with Crippen molar-refractivity contribution in [2.75, 3.05) is 31.1 Å². The highest BCUT2D eigenvalue weighted by Crippen LogP contribution is 2.21. The number of pyridine rings is 1. The van der Waals surface area contributed by atoms with Crippen molar-refractivity contribution in [3.8, 4) is 0 Å². The van der Waals surface area contributed by atoms with Crippen LogP contribution in [0.15, 0.2) is 47.5 Å². The summed E-state index contributed by atoms with van der Waals surface area (Å²) in [6.45, 7) is 3.60. The Hall–Kier alpha value is -2.45. The molecule has 4 rings (SSSR count). The first-order valence-electron chi connectivity index (χ1n) is 11.1. The Kier molecular flexibility index (Phi) is 6.87. The highest BCUT2D eigenvalue weighted by molar-refractivity contribution is 7.89. The lowest BCUT2D eigenvalue weighted by atomic mass is 10.2. The smallest absolute Gasteiger partial charge is 0.251 e. The summed E-state index contributed by atoms with van der Waals surface area (Å²) in [5, 5.41) is 2.88.